The van der Waals surface area contributed by atoms with Gasteiger partial charge in [0.25, 0.3) is 0 Å². The molecule has 1 saturated heterocycles. The Morgan fingerprint density at radius 2 is 2.29 bits per heavy atom. The van der Waals surface area contributed by atoms with Gasteiger partial charge >= 0.3 is 5.97 Å². The Morgan fingerprint density at radius 1 is 1.53 bits per heavy atom. The minimum Gasteiger partial charge on any atom is -0.481 e. The van der Waals surface area contributed by atoms with Crippen LogP contribution < -0.4 is 10.6 Å². The van der Waals surface area contributed by atoms with Gasteiger partial charge in [-0.15, -0.1) is 0 Å². The molecule has 0 spiro atoms. The first-order valence-electron chi connectivity index (χ1n) is 5.60. The largest absolute Gasteiger partial charge is 0.481 e. The smallest absolute Gasteiger partial charge is 0.308 e. The van der Waals surface area contributed by atoms with Crippen LogP contribution in [-0.2, 0) is 4.79 Å². The van der Waals surface area contributed by atoms with Gasteiger partial charge in [-0.3, -0.25) is 4.79 Å². The van der Waals surface area contributed by atoms with Crippen molar-refractivity contribution in [1.82, 2.24) is 0 Å². The molecular weight excluding hydrogens is 223 g/mol. The Hall–Kier alpha value is -1.78. The molecule has 0 saturated carbocycles. The van der Waals surface area contributed by atoms with Gasteiger partial charge in [0, 0.05) is 18.8 Å². The first kappa shape index (κ1) is 11.7. The van der Waals surface area contributed by atoms with Crippen molar-refractivity contribution in [2.45, 2.75) is 12.8 Å². The zero-order chi connectivity index (χ0) is 12.4. The van der Waals surface area contributed by atoms with Crippen molar-refractivity contribution in [3.8, 4) is 0 Å². The van der Waals surface area contributed by atoms with Crippen LogP contribution in [0.2, 0.25) is 0 Å². The van der Waals surface area contributed by atoms with E-state index in [1.807, 2.05) is 0 Å². The maximum absolute atomic E-state index is 13.7. The molecule has 0 radical (unpaired) electrons. The van der Waals surface area contributed by atoms with E-state index in [1.54, 1.807) is 17.0 Å². The molecule has 5 heteroatoms. The zero-order valence-electron chi connectivity index (χ0n) is 9.40. The predicted molar refractivity (Wildman–Crippen MR) is 63.4 cm³/mol. The molecule has 1 heterocycles. The summed E-state index contributed by atoms with van der Waals surface area (Å²) in [6, 6.07) is 4.50. The fraction of sp³-hybridized carbons (Fsp3) is 0.417. The number of carboxylic acid groups (broad SMARTS) is 1. The molecule has 0 aliphatic carbocycles. The number of carboxylic acids is 1. The van der Waals surface area contributed by atoms with Gasteiger partial charge in [-0.05, 0) is 31.0 Å². The summed E-state index contributed by atoms with van der Waals surface area (Å²) >= 11 is 0. The fourth-order valence-corrected chi connectivity index (χ4v) is 2.18. The summed E-state index contributed by atoms with van der Waals surface area (Å²) in [5.41, 5.74) is 6.29. The van der Waals surface area contributed by atoms with Gasteiger partial charge in [0.05, 0.1) is 11.6 Å². The van der Waals surface area contributed by atoms with Gasteiger partial charge < -0.3 is 15.7 Å². The Bertz CT molecular complexity index is 437. The lowest BCUT2D eigenvalue weighted by Gasteiger charge is -2.32. The summed E-state index contributed by atoms with van der Waals surface area (Å²) in [7, 11) is 0. The van der Waals surface area contributed by atoms with E-state index in [9.17, 15) is 9.18 Å². The molecule has 1 aliphatic heterocycles. The lowest BCUT2D eigenvalue weighted by Crippen LogP contribution is -2.39. The van der Waals surface area contributed by atoms with Crippen molar-refractivity contribution in [3.05, 3.63) is 24.0 Å². The topological polar surface area (TPSA) is 66.6 Å². The highest BCUT2D eigenvalue weighted by Crippen LogP contribution is 2.26. The van der Waals surface area contributed by atoms with Crippen LogP contribution in [0.5, 0.6) is 0 Å². The van der Waals surface area contributed by atoms with E-state index in [-0.39, 0.29) is 0 Å². The average Bonchev–Trinajstić information content (AvgIpc) is 2.29. The Balaban J connectivity index is 2.19. The molecule has 1 aromatic rings. The van der Waals surface area contributed by atoms with Crippen LogP contribution in [0, 0.1) is 11.7 Å². The van der Waals surface area contributed by atoms with E-state index in [1.165, 1.54) is 6.07 Å². The number of anilines is 2. The molecule has 1 atom stereocenters. The maximum Gasteiger partial charge on any atom is 0.308 e. The number of nitrogens with two attached hydrogens (primary N) is 1. The molecule has 1 unspecified atom stereocenters. The van der Waals surface area contributed by atoms with Crippen LogP contribution in [-0.4, -0.2) is 24.2 Å². The van der Waals surface area contributed by atoms with Gasteiger partial charge in [0.1, 0.15) is 5.82 Å². The molecule has 3 N–H and O–H groups in total. The van der Waals surface area contributed by atoms with Crippen LogP contribution >= 0.6 is 0 Å². The van der Waals surface area contributed by atoms with Gasteiger partial charge in [-0.25, -0.2) is 4.39 Å². The standard InChI is InChI=1S/C12H15FN2O2/c13-10-6-9(14)3-4-11(10)15-5-1-2-8(7-15)12(16)17/h3-4,6,8H,1-2,5,7,14H2,(H,16,17). The number of hydrogen-bond donors (Lipinski definition) is 2. The SMILES string of the molecule is Nc1ccc(N2CCCC(C(=O)O)C2)c(F)c1. The van der Waals surface area contributed by atoms with Crippen LogP contribution in [0.1, 0.15) is 12.8 Å². The summed E-state index contributed by atoms with van der Waals surface area (Å²) in [6.07, 6.45) is 1.42. The second-order valence-corrected chi connectivity index (χ2v) is 4.33. The van der Waals surface area contributed by atoms with Crippen molar-refractivity contribution in [3.63, 3.8) is 0 Å². The second kappa shape index (κ2) is 4.61. The number of hydrogen-bond acceptors (Lipinski definition) is 3. The normalized spacial score (nSPS) is 20.3. The van der Waals surface area contributed by atoms with Gasteiger partial charge in [-0.1, -0.05) is 0 Å². The number of piperidine rings is 1. The highest BCUT2D eigenvalue weighted by Gasteiger charge is 2.26. The Labute approximate surface area is 98.8 Å². The third-order valence-electron chi connectivity index (χ3n) is 3.08. The van der Waals surface area contributed by atoms with Gasteiger partial charge in [-0.2, -0.15) is 0 Å². The summed E-state index contributed by atoms with van der Waals surface area (Å²) in [6.45, 7) is 1.04. The molecule has 92 valence electrons. The highest BCUT2D eigenvalue weighted by atomic mass is 19.1. The summed E-state index contributed by atoms with van der Waals surface area (Å²) in [4.78, 5) is 12.7. The monoisotopic (exact) mass is 238 g/mol. The number of aliphatic carboxylic acids is 1. The molecule has 1 aliphatic rings. The zero-order valence-corrected chi connectivity index (χ0v) is 9.40. The average molecular weight is 238 g/mol. The van der Waals surface area contributed by atoms with Crippen molar-refractivity contribution in [2.24, 2.45) is 5.92 Å². The van der Waals surface area contributed by atoms with Crippen LogP contribution in [0.25, 0.3) is 0 Å². The van der Waals surface area contributed by atoms with Crippen molar-refractivity contribution < 1.29 is 14.3 Å². The molecule has 0 bridgehead atoms. The van der Waals surface area contributed by atoms with E-state index in [4.69, 9.17) is 10.8 Å². The summed E-state index contributed by atoms with van der Waals surface area (Å²) in [5.74, 6) is -1.62. The first-order valence-corrected chi connectivity index (χ1v) is 5.60. The third-order valence-corrected chi connectivity index (χ3v) is 3.08. The van der Waals surface area contributed by atoms with E-state index in [0.29, 0.717) is 30.9 Å². The lowest BCUT2D eigenvalue weighted by molar-refractivity contribution is -0.141. The Kier molecular flexibility index (Phi) is 3.17. The summed E-state index contributed by atoms with van der Waals surface area (Å²) in [5, 5.41) is 8.98. The maximum atomic E-state index is 13.7. The first-order chi connectivity index (χ1) is 8.08. The molecule has 1 fully saturated rings. The van der Waals surface area contributed by atoms with Crippen molar-refractivity contribution in [2.75, 3.05) is 23.7 Å². The third kappa shape index (κ3) is 2.49. The molecule has 4 nitrogen and oxygen atoms in total. The summed E-state index contributed by atoms with van der Waals surface area (Å²) < 4.78 is 13.7. The Morgan fingerprint density at radius 3 is 2.94 bits per heavy atom. The number of carbonyl (C=O) groups is 1. The van der Waals surface area contributed by atoms with Crippen LogP contribution in [0.15, 0.2) is 18.2 Å². The lowest BCUT2D eigenvalue weighted by atomic mass is 9.98. The predicted octanol–water partition coefficient (Wildman–Crippen LogP) is 1.71. The molecule has 0 aromatic heterocycles. The minimum absolute atomic E-state index is 0.357. The van der Waals surface area contributed by atoms with E-state index in [2.05, 4.69) is 0 Å². The minimum atomic E-state index is -0.814. The van der Waals surface area contributed by atoms with Gasteiger partial charge in [0.2, 0.25) is 0 Å². The second-order valence-electron chi connectivity index (χ2n) is 4.33. The van der Waals surface area contributed by atoms with E-state index >= 15 is 0 Å². The molecule has 2 rings (SSSR count). The fourth-order valence-electron chi connectivity index (χ4n) is 2.18. The van der Waals surface area contributed by atoms with Crippen molar-refractivity contribution >= 4 is 17.3 Å². The van der Waals surface area contributed by atoms with E-state index < -0.39 is 17.7 Å². The highest BCUT2D eigenvalue weighted by molar-refractivity contribution is 5.71. The van der Waals surface area contributed by atoms with Crippen LogP contribution in [0.3, 0.4) is 0 Å². The number of rotatable bonds is 2. The van der Waals surface area contributed by atoms with E-state index in [0.717, 1.165) is 6.42 Å². The molecular formula is C12H15FN2O2. The van der Waals surface area contributed by atoms with Crippen molar-refractivity contribution in [1.29, 1.82) is 0 Å². The van der Waals surface area contributed by atoms with Gasteiger partial charge in [0.15, 0.2) is 0 Å². The number of benzene rings is 1. The molecule has 0 amide bonds. The number of nitrogen functional groups attached to an aromatic ring is 1. The van der Waals surface area contributed by atoms with Crippen LogP contribution in [0.4, 0.5) is 15.8 Å². The number of nitrogens with zero attached hydrogens (tertiary/aromatic N) is 1. The number of halogens is 1. The molecule has 17 heavy (non-hydrogen) atoms. The quantitative estimate of drug-likeness (QED) is 0.770. The molecule has 1 aromatic carbocycles.